The Morgan fingerprint density at radius 1 is 0.500 bits per heavy atom. The molecule has 2 aliphatic heterocycles. The number of para-hydroxylation sites is 2. The van der Waals surface area contributed by atoms with Gasteiger partial charge in [-0.3, -0.25) is 0 Å². The number of ether oxygens (including phenoxy) is 1. The molecule has 9 aromatic rings. The van der Waals surface area contributed by atoms with Gasteiger partial charge in [-0.25, -0.2) is 0 Å². The highest BCUT2D eigenvalue weighted by atomic mass is 16.5. The molecule has 2 aliphatic rings. The molecule has 4 nitrogen and oxygen atoms in total. The summed E-state index contributed by atoms with van der Waals surface area (Å²) in [5.41, 5.74) is 13.1. The quantitative estimate of drug-likeness (QED) is 0.175. The van der Waals surface area contributed by atoms with Crippen LogP contribution in [0.5, 0.6) is 11.5 Å². The predicted octanol–water partition coefficient (Wildman–Crippen LogP) is 10.9. The fourth-order valence-electron chi connectivity index (χ4n) is 8.43. The molecule has 244 valence electrons. The lowest BCUT2D eigenvalue weighted by Gasteiger charge is -2.40. The van der Waals surface area contributed by atoms with Crippen LogP contribution in [0.4, 0.5) is 34.1 Å². The van der Waals surface area contributed by atoms with Crippen molar-refractivity contribution in [1.82, 2.24) is 0 Å². The standard InChI is InChI=1S/C47H31BN2O2/c1-30-19-22-34(23-20-30)49(32-12-4-2-5-13-32)35-24-25-37-38-28-45-39(29-44(38)52-43(37)27-35)48-46-36-16-9-8-11-31(36)21-26-41(46)50(33-14-6-3-7-15-33)40-17-10-18-42(51-45)47(40)48/h2-29H,1H3. The average molecular weight is 667 g/mol. The van der Waals surface area contributed by atoms with E-state index in [0.717, 1.165) is 67.3 Å². The summed E-state index contributed by atoms with van der Waals surface area (Å²) in [5, 5.41) is 4.57. The second-order valence-electron chi connectivity index (χ2n) is 13.8. The van der Waals surface area contributed by atoms with E-state index in [9.17, 15) is 0 Å². The molecular weight excluding hydrogens is 635 g/mol. The number of furan rings is 1. The fourth-order valence-corrected chi connectivity index (χ4v) is 8.43. The van der Waals surface area contributed by atoms with Crippen molar-refractivity contribution in [3.05, 3.63) is 175 Å². The van der Waals surface area contributed by atoms with Crippen LogP contribution in [0.1, 0.15) is 5.56 Å². The lowest BCUT2D eigenvalue weighted by atomic mass is 9.33. The summed E-state index contributed by atoms with van der Waals surface area (Å²) in [5.74, 6) is 1.76. The van der Waals surface area contributed by atoms with E-state index in [1.54, 1.807) is 0 Å². The summed E-state index contributed by atoms with van der Waals surface area (Å²) in [6, 6.07) is 60.5. The summed E-state index contributed by atoms with van der Waals surface area (Å²) in [6.07, 6.45) is 0. The van der Waals surface area contributed by atoms with Crippen LogP contribution in [0.2, 0.25) is 0 Å². The second-order valence-corrected chi connectivity index (χ2v) is 13.8. The van der Waals surface area contributed by atoms with E-state index in [4.69, 9.17) is 9.15 Å². The van der Waals surface area contributed by atoms with E-state index in [1.165, 1.54) is 32.9 Å². The normalized spacial score (nSPS) is 12.8. The zero-order chi connectivity index (χ0) is 34.3. The number of aryl methyl sites for hydroxylation is 1. The van der Waals surface area contributed by atoms with Crippen molar-refractivity contribution in [2.24, 2.45) is 0 Å². The van der Waals surface area contributed by atoms with Crippen LogP contribution < -0.4 is 30.9 Å². The molecule has 1 aromatic heterocycles. The first kappa shape index (κ1) is 29.1. The monoisotopic (exact) mass is 666 g/mol. The molecule has 0 saturated heterocycles. The molecular formula is C47H31BN2O2. The van der Waals surface area contributed by atoms with Crippen molar-refractivity contribution in [2.75, 3.05) is 9.80 Å². The summed E-state index contributed by atoms with van der Waals surface area (Å²) in [4.78, 5) is 4.67. The Morgan fingerprint density at radius 2 is 1.21 bits per heavy atom. The number of anilines is 6. The topological polar surface area (TPSA) is 28.9 Å². The van der Waals surface area contributed by atoms with Gasteiger partial charge in [0, 0.05) is 51.0 Å². The Morgan fingerprint density at radius 3 is 2.06 bits per heavy atom. The highest BCUT2D eigenvalue weighted by Gasteiger charge is 2.43. The van der Waals surface area contributed by atoms with E-state index in [2.05, 4.69) is 187 Å². The Bertz CT molecular complexity index is 2850. The van der Waals surface area contributed by atoms with Gasteiger partial charge in [-0.15, -0.1) is 0 Å². The van der Waals surface area contributed by atoms with E-state index in [0.29, 0.717) is 0 Å². The molecule has 0 fully saturated rings. The minimum absolute atomic E-state index is 0.0423. The first-order valence-electron chi connectivity index (χ1n) is 17.8. The van der Waals surface area contributed by atoms with Crippen LogP contribution in [0.15, 0.2) is 174 Å². The zero-order valence-corrected chi connectivity index (χ0v) is 28.5. The zero-order valence-electron chi connectivity index (χ0n) is 28.5. The summed E-state index contributed by atoms with van der Waals surface area (Å²) in [6.45, 7) is 2.08. The maximum Gasteiger partial charge on any atom is 0.257 e. The van der Waals surface area contributed by atoms with Gasteiger partial charge in [0.2, 0.25) is 0 Å². The van der Waals surface area contributed by atoms with Crippen LogP contribution in [-0.4, -0.2) is 6.71 Å². The number of hydrogen-bond acceptors (Lipinski definition) is 4. The Labute approximate surface area is 301 Å². The summed E-state index contributed by atoms with van der Waals surface area (Å²) < 4.78 is 13.7. The van der Waals surface area contributed by atoms with Gasteiger partial charge in [0.05, 0.1) is 0 Å². The van der Waals surface area contributed by atoms with Crippen molar-refractivity contribution in [3.8, 4) is 11.5 Å². The van der Waals surface area contributed by atoms with E-state index >= 15 is 0 Å². The minimum atomic E-state index is -0.0423. The molecule has 5 heteroatoms. The SMILES string of the molecule is Cc1ccc(N(c2ccccc2)c2ccc3c(c2)oc2cc4c(cc23)Oc2cccc3c2B4c2c(ccc4ccccc24)N3c2ccccc2)cc1. The second kappa shape index (κ2) is 11.1. The van der Waals surface area contributed by atoms with Gasteiger partial charge in [0.25, 0.3) is 6.71 Å². The van der Waals surface area contributed by atoms with Crippen molar-refractivity contribution in [1.29, 1.82) is 0 Å². The highest BCUT2D eigenvalue weighted by Crippen LogP contribution is 2.44. The third-order valence-corrected chi connectivity index (χ3v) is 10.7. The van der Waals surface area contributed by atoms with E-state index in [-0.39, 0.29) is 6.71 Å². The van der Waals surface area contributed by atoms with Crippen LogP contribution in [-0.2, 0) is 0 Å². The van der Waals surface area contributed by atoms with Gasteiger partial charge >= 0.3 is 0 Å². The van der Waals surface area contributed by atoms with Gasteiger partial charge < -0.3 is 19.0 Å². The van der Waals surface area contributed by atoms with Crippen molar-refractivity contribution >= 4 is 89.9 Å². The van der Waals surface area contributed by atoms with Crippen molar-refractivity contribution in [3.63, 3.8) is 0 Å². The Balaban J connectivity index is 1.12. The number of nitrogens with zero attached hydrogens (tertiary/aromatic N) is 2. The van der Waals surface area contributed by atoms with Gasteiger partial charge in [-0.1, -0.05) is 90.5 Å². The first-order valence-corrected chi connectivity index (χ1v) is 17.8. The van der Waals surface area contributed by atoms with Crippen molar-refractivity contribution < 1.29 is 9.15 Å². The van der Waals surface area contributed by atoms with E-state index in [1.807, 2.05) is 0 Å². The molecule has 0 N–H and O–H groups in total. The van der Waals surface area contributed by atoms with Gasteiger partial charge in [0.1, 0.15) is 22.7 Å². The molecule has 52 heavy (non-hydrogen) atoms. The van der Waals surface area contributed by atoms with Crippen LogP contribution in [0, 0.1) is 6.92 Å². The lowest BCUT2D eigenvalue weighted by molar-refractivity contribution is 0.488. The molecule has 0 radical (unpaired) electrons. The maximum absolute atomic E-state index is 6.87. The van der Waals surface area contributed by atoms with Gasteiger partial charge in [0.15, 0.2) is 0 Å². The first-order chi connectivity index (χ1) is 25.7. The van der Waals surface area contributed by atoms with Crippen molar-refractivity contribution in [2.45, 2.75) is 6.92 Å². The Hall–Kier alpha value is -6.72. The Kier molecular flexibility index (Phi) is 6.23. The minimum Gasteiger partial charge on any atom is -0.458 e. The third-order valence-electron chi connectivity index (χ3n) is 10.7. The average Bonchev–Trinajstić information content (AvgIpc) is 3.55. The summed E-state index contributed by atoms with van der Waals surface area (Å²) in [7, 11) is 0. The molecule has 0 amide bonds. The molecule has 0 bridgehead atoms. The van der Waals surface area contributed by atoms with Crippen LogP contribution in [0.3, 0.4) is 0 Å². The van der Waals surface area contributed by atoms with Crippen LogP contribution >= 0.6 is 0 Å². The lowest BCUT2D eigenvalue weighted by Crippen LogP contribution is -2.59. The summed E-state index contributed by atoms with van der Waals surface area (Å²) >= 11 is 0. The van der Waals surface area contributed by atoms with Crippen LogP contribution in [0.25, 0.3) is 32.7 Å². The molecule has 0 unspecified atom stereocenters. The predicted molar refractivity (Wildman–Crippen MR) is 217 cm³/mol. The molecule has 0 spiro atoms. The number of fused-ring (bicyclic) bond motifs is 9. The third kappa shape index (κ3) is 4.29. The van der Waals surface area contributed by atoms with E-state index < -0.39 is 0 Å². The molecule has 11 rings (SSSR count). The number of benzene rings is 8. The molecule has 0 saturated carbocycles. The highest BCUT2D eigenvalue weighted by molar-refractivity contribution is 7.00. The fraction of sp³-hybridized carbons (Fsp3) is 0.0213. The smallest absolute Gasteiger partial charge is 0.257 e. The van der Waals surface area contributed by atoms with Gasteiger partial charge in [-0.05, 0) is 113 Å². The number of hydrogen-bond donors (Lipinski definition) is 0. The maximum atomic E-state index is 6.87. The molecule has 8 aromatic carbocycles. The molecule has 3 heterocycles. The van der Waals surface area contributed by atoms with Gasteiger partial charge in [-0.2, -0.15) is 0 Å². The molecule has 0 atom stereocenters. The molecule has 0 aliphatic carbocycles. The largest absolute Gasteiger partial charge is 0.458 e. The number of rotatable bonds is 4.